The number of rotatable bonds is 6. The van der Waals surface area contributed by atoms with Crippen molar-refractivity contribution in [2.45, 2.75) is 127 Å². The molecule has 0 spiro atoms. The smallest absolute Gasteiger partial charge is 0.338 e. The maximum Gasteiger partial charge on any atom is 0.338 e. The van der Waals surface area contributed by atoms with Gasteiger partial charge in [0.2, 0.25) is 0 Å². The molecule has 1 radical (unpaired) electrons. The Morgan fingerprint density at radius 1 is 0.638 bits per heavy atom. The minimum absolute atomic E-state index is 0. The van der Waals surface area contributed by atoms with Crippen molar-refractivity contribution < 1.29 is 74.7 Å². The van der Waals surface area contributed by atoms with Gasteiger partial charge in [0.05, 0.1) is 11.8 Å². The largest absolute Gasteiger partial charge is 0.412 e. The van der Waals surface area contributed by atoms with Crippen molar-refractivity contribution in [1.29, 1.82) is 0 Å². The molecule has 0 saturated heterocycles. The van der Waals surface area contributed by atoms with Crippen molar-refractivity contribution in [3.05, 3.63) is 144 Å². The first-order valence-electron chi connectivity index (χ1n) is 20.4. The first kappa shape index (κ1) is 50.7. The van der Waals surface area contributed by atoms with Crippen molar-refractivity contribution in [3.63, 3.8) is 0 Å². The SMILES string of the molecule is CC.NC(=O)N(O)C1CCC(c2ccccc2)C1.O.O/N=C1/CCC(c2ccccc2)C1.O=C1CCC(c2ccccc2)C1.ONC1CCC(c2ccccc2)C1.[Ac]. The molecule has 11 heteroatoms. The van der Waals surface area contributed by atoms with Gasteiger partial charge >= 0.3 is 6.03 Å². The molecule has 0 aliphatic heterocycles. The third-order valence-electron chi connectivity index (χ3n) is 11.3. The van der Waals surface area contributed by atoms with Crippen LogP contribution in [0.3, 0.4) is 0 Å². The number of urea groups is 1. The molecule has 311 valence electrons. The quantitative estimate of drug-likeness (QED) is 0.0729. The van der Waals surface area contributed by atoms with E-state index in [1.807, 2.05) is 62.4 Å². The van der Waals surface area contributed by atoms with E-state index in [1.54, 1.807) is 0 Å². The Hall–Kier alpha value is -3.43. The molecular weight excluding hydrogens is 944 g/mol. The zero-order valence-electron chi connectivity index (χ0n) is 34.2. The van der Waals surface area contributed by atoms with Gasteiger partial charge < -0.3 is 21.6 Å². The molecule has 10 nitrogen and oxygen atoms in total. The summed E-state index contributed by atoms with van der Waals surface area (Å²) in [5, 5.41) is 30.8. The number of nitrogens with one attached hydrogen (secondary N) is 1. The molecule has 4 aliphatic carbocycles. The minimum atomic E-state index is -0.765. The normalized spacial score (nSPS) is 23.4. The fourth-order valence-corrected chi connectivity index (χ4v) is 8.27. The maximum absolute atomic E-state index is 11.0. The first-order chi connectivity index (χ1) is 27.3. The summed E-state index contributed by atoms with van der Waals surface area (Å²) in [6.07, 6.45) is 11.4. The Balaban J connectivity index is 0.000000261. The van der Waals surface area contributed by atoms with Crippen LogP contribution < -0.4 is 11.2 Å². The van der Waals surface area contributed by atoms with Crippen LogP contribution >= 0.6 is 0 Å². The fourth-order valence-electron chi connectivity index (χ4n) is 8.27. The van der Waals surface area contributed by atoms with Crippen LogP contribution in [0, 0.1) is 44.1 Å². The van der Waals surface area contributed by atoms with E-state index in [-0.39, 0.29) is 55.6 Å². The number of Topliss-reactive ketones (excluding diaryl/α,β-unsaturated/α-hetero) is 1. The average Bonchev–Trinajstić information content (AvgIpc) is 4.11. The van der Waals surface area contributed by atoms with Crippen molar-refractivity contribution in [3.8, 4) is 0 Å². The van der Waals surface area contributed by atoms with Crippen LogP contribution in [0.2, 0.25) is 0 Å². The van der Waals surface area contributed by atoms with Crippen molar-refractivity contribution >= 4 is 17.5 Å². The Kier molecular flexibility index (Phi) is 24.6. The number of carbonyl (C=O) groups excluding carboxylic acids is 2. The molecule has 8 N–H and O–H groups in total. The Labute approximate surface area is 381 Å². The van der Waals surface area contributed by atoms with Gasteiger partial charge in [-0.1, -0.05) is 140 Å². The summed E-state index contributed by atoms with van der Waals surface area (Å²) in [4.78, 5) is 21.9. The number of nitrogens with zero attached hydrogens (tertiary/aromatic N) is 2. The molecule has 6 unspecified atom stereocenters. The number of nitrogens with two attached hydrogens (primary N) is 1. The van der Waals surface area contributed by atoms with Crippen molar-refractivity contribution in [1.82, 2.24) is 10.5 Å². The van der Waals surface area contributed by atoms with Gasteiger partial charge in [-0.2, -0.15) is 0 Å². The molecule has 4 aromatic rings. The molecule has 6 atom stereocenters. The Morgan fingerprint density at radius 2 is 1.05 bits per heavy atom. The van der Waals surface area contributed by atoms with Gasteiger partial charge in [0.15, 0.2) is 0 Å². The van der Waals surface area contributed by atoms with Crippen molar-refractivity contribution in [2.75, 3.05) is 0 Å². The fraction of sp³-hybridized carbons (Fsp3) is 0.426. The number of carbonyl (C=O) groups is 2. The van der Waals surface area contributed by atoms with E-state index in [1.165, 1.54) is 28.7 Å². The second-order valence-corrected chi connectivity index (χ2v) is 14.9. The van der Waals surface area contributed by atoms with Crippen LogP contribution in [0.4, 0.5) is 4.79 Å². The van der Waals surface area contributed by atoms with E-state index < -0.39 is 6.03 Å². The van der Waals surface area contributed by atoms with Crippen LogP contribution in [0.1, 0.15) is 137 Å². The average molecular weight is 1010 g/mol. The van der Waals surface area contributed by atoms with Gasteiger partial charge in [-0.15, -0.1) is 0 Å². The predicted octanol–water partition coefficient (Wildman–Crippen LogP) is 9.90. The number of benzene rings is 4. The summed E-state index contributed by atoms with van der Waals surface area (Å²) in [6.45, 7) is 4.00. The van der Waals surface area contributed by atoms with Gasteiger partial charge in [0, 0.05) is 62.9 Å². The Morgan fingerprint density at radius 3 is 1.43 bits per heavy atom. The molecule has 4 aromatic carbocycles. The summed E-state index contributed by atoms with van der Waals surface area (Å²) >= 11 is 0. The minimum Gasteiger partial charge on any atom is -0.412 e. The summed E-state index contributed by atoms with van der Waals surface area (Å²) < 4.78 is 0. The zero-order valence-corrected chi connectivity index (χ0v) is 38.9. The van der Waals surface area contributed by atoms with Crippen LogP contribution in [-0.4, -0.2) is 55.8 Å². The molecule has 4 fully saturated rings. The van der Waals surface area contributed by atoms with Crippen LogP contribution in [0.25, 0.3) is 0 Å². The third kappa shape index (κ3) is 16.3. The van der Waals surface area contributed by atoms with Crippen LogP contribution in [0.15, 0.2) is 126 Å². The van der Waals surface area contributed by atoms with Crippen LogP contribution in [0.5, 0.6) is 0 Å². The first-order valence-corrected chi connectivity index (χ1v) is 20.4. The third-order valence-corrected chi connectivity index (χ3v) is 11.3. The number of oxime groups is 1. The van der Waals surface area contributed by atoms with E-state index in [0.717, 1.165) is 76.3 Å². The topological polar surface area (TPSA) is 180 Å². The summed E-state index contributed by atoms with van der Waals surface area (Å²) in [5.74, 6) is 2.53. The molecule has 58 heavy (non-hydrogen) atoms. The van der Waals surface area contributed by atoms with E-state index in [4.69, 9.17) is 16.1 Å². The van der Waals surface area contributed by atoms with Gasteiger partial charge in [0.25, 0.3) is 0 Å². The molecule has 4 aliphatic rings. The van der Waals surface area contributed by atoms with Gasteiger partial charge in [-0.25, -0.2) is 15.3 Å². The molecule has 2 amide bonds. The van der Waals surface area contributed by atoms with E-state index in [0.29, 0.717) is 40.6 Å². The van der Waals surface area contributed by atoms with E-state index >= 15 is 0 Å². The molecule has 4 saturated carbocycles. The number of hydrogen-bond acceptors (Lipinski definition) is 7. The Bertz CT molecular complexity index is 1740. The second-order valence-electron chi connectivity index (χ2n) is 14.9. The van der Waals surface area contributed by atoms with E-state index in [9.17, 15) is 14.8 Å². The zero-order chi connectivity index (χ0) is 40.1. The number of ketones is 1. The number of primary amides is 1. The summed E-state index contributed by atoms with van der Waals surface area (Å²) in [5.41, 5.74) is 13.7. The second kappa shape index (κ2) is 28.1. The molecule has 0 aromatic heterocycles. The molecular formula is C47H64AcN4O6. The van der Waals surface area contributed by atoms with Crippen LogP contribution in [-0.2, 0) is 4.79 Å². The van der Waals surface area contributed by atoms with Gasteiger partial charge in [-0.3, -0.25) is 10.0 Å². The van der Waals surface area contributed by atoms with Gasteiger partial charge in [-0.05, 0) is 110 Å². The molecule has 0 heterocycles. The predicted molar refractivity (Wildman–Crippen MR) is 227 cm³/mol. The number of hydroxylamine groups is 3. The van der Waals surface area contributed by atoms with Crippen molar-refractivity contribution in [2.24, 2.45) is 10.9 Å². The number of amides is 2. The number of hydrogen-bond donors (Lipinski definition) is 5. The molecule has 8 rings (SSSR count). The van der Waals surface area contributed by atoms with E-state index in [2.05, 4.69) is 83.4 Å². The molecule has 0 bridgehead atoms. The maximum atomic E-state index is 11.0. The monoisotopic (exact) mass is 1010 g/mol. The summed E-state index contributed by atoms with van der Waals surface area (Å²) in [7, 11) is 0. The summed E-state index contributed by atoms with van der Waals surface area (Å²) in [6, 6.07) is 40.9. The standard InChI is InChI=1S/C12H16N2O2.C11H15NO.C11H13NO.C11H12O.C2H6.Ac.H2O/c13-12(15)14(16)11-7-6-10(8-11)9-4-2-1-3-5-9;2*13-12-11-7-6-10(8-11)9-4-2-1-3-5-9;12-11-7-6-10(8-11)9-4-2-1-3-5-9;1-2;;/h1-5,10-11,16H,6-8H2,(H2,13,15);1-5,10-13H,6-8H2;1-5,10,13H,6-8H2;1-5,10H,6-8H2;1-2H3;;1H2/b;;12-11-;;;;. The van der Waals surface area contributed by atoms with Gasteiger partial charge in [0.1, 0.15) is 5.78 Å².